The first-order chi connectivity index (χ1) is 16.7. The molecule has 184 valence electrons. The summed E-state index contributed by atoms with van der Waals surface area (Å²) in [5.41, 5.74) is 3.01. The summed E-state index contributed by atoms with van der Waals surface area (Å²) >= 11 is 0. The first kappa shape index (κ1) is 24.6. The van der Waals surface area contributed by atoms with Crippen molar-refractivity contribution in [3.8, 4) is 0 Å². The van der Waals surface area contributed by atoms with Crippen molar-refractivity contribution in [2.45, 2.75) is 30.8 Å². The van der Waals surface area contributed by atoms with E-state index in [0.29, 0.717) is 44.0 Å². The number of amides is 1. The zero-order chi connectivity index (χ0) is 25.0. The molecule has 0 aliphatic carbocycles. The number of carbonyl (C=O) groups is 1. The lowest BCUT2D eigenvalue weighted by Crippen LogP contribution is -2.53. The number of pyridine rings is 1. The molecule has 4 rings (SSSR count). The van der Waals surface area contributed by atoms with E-state index in [1.165, 1.54) is 29.3 Å². The third-order valence-electron chi connectivity index (χ3n) is 5.98. The van der Waals surface area contributed by atoms with Gasteiger partial charge in [0, 0.05) is 56.2 Å². The molecule has 1 aromatic heterocycles. The second kappa shape index (κ2) is 10.4. The minimum absolute atomic E-state index is 0.0507. The fraction of sp³-hybridized carbons (Fsp3) is 0.280. The molecule has 1 atom stereocenters. The summed E-state index contributed by atoms with van der Waals surface area (Å²) in [6.45, 7) is 4.30. The lowest BCUT2D eigenvalue weighted by Gasteiger charge is -2.38. The normalized spacial score (nSPS) is 16.7. The van der Waals surface area contributed by atoms with E-state index < -0.39 is 16.1 Å². The molecular weight excluding hydrogens is 471 g/mol. The van der Waals surface area contributed by atoms with Crippen molar-refractivity contribution in [3.63, 3.8) is 0 Å². The van der Waals surface area contributed by atoms with Gasteiger partial charge >= 0.3 is 6.09 Å². The van der Waals surface area contributed by atoms with Crippen LogP contribution in [-0.2, 0) is 23.0 Å². The van der Waals surface area contributed by atoms with Crippen LogP contribution >= 0.6 is 0 Å². The highest BCUT2D eigenvalue weighted by Gasteiger charge is 2.26. The Morgan fingerprint density at radius 2 is 1.74 bits per heavy atom. The number of hydrogen-bond acceptors (Lipinski definition) is 5. The molecule has 2 N–H and O–H groups in total. The van der Waals surface area contributed by atoms with Crippen LogP contribution in [0.4, 0.5) is 14.9 Å². The maximum atomic E-state index is 13.1. The number of benzene rings is 2. The lowest BCUT2D eigenvalue weighted by molar-refractivity contribution is 0.0711. The lowest BCUT2D eigenvalue weighted by atomic mass is 10.1. The average molecular weight is 499 g/mol. The Hall–Kier alpha value is -3.50. The van der Waals surface area contributed by atoms with E-state index in [-0.39, 0.29) is 16.8 Å². The van der Waals surface area contributed by atoms with E-state index in [9.17, 15) is 22.7 Å². The fourth-order valence-corrected chi connectivity index (χ4v) is 5.10. The van der Waals surface area contributed by atoms with Crippen LogP contribution in [0.5, 0.6) is 0 Å². The second-order valence-electron chi connectivity index (χ2n) is 8.65. The van der Waals surface area contributed by atoms with Crippen LogP contribution in [0, 0.1) is 5.82 Å². The highest BCUT2D eigenvalue weighted by molar-refractivity contribution is 7.92. The topological polar surface area (TPSA) is 103 Å². The molecule has 0 radical (unpaired) electrons. The van der Waals surface area contributed by atoms with Crippen LogP contribution in [-0.4, -0.2) is 60.1 Å². The summed E-state index contributed by atoms with van der Waals surface area (Å²) in [6, 6.07) is 16.3. The van der Waals surface area contributed by atoms with E-state index in [1.807, 2.05) is 19.1 Å². The van der Waals surface area contributed by atoms with Crippen molar-refractivity contribution in [1.82, 2.24) is 14.8 Å². The van der Waals surface area contributed by atoms with Gasteiger partial charge in [-0.3, -0.25) is 14.6 Å². The minimum atomic E-state index is -3.80. The van der Waals surface area contributed by atoms with Crippen molar-refractivity contribution < 1.29 is 22.7 Å². The standard InChI is InChI=1S/C25H27FN4O4S/c1-18-16-29(12-13-30(18)25(31)32)17-20-4-8-22(9-5-20)28-35(33,34)24-11-10-23(27-15-24)14-19-2-6-21(26)7-3-19/h2-11,15,18,28H,12-14,16-17H2,1H3,(H,31,32)/t18-/m0/s1. The third-order valence-corrected chi connectivity index (χ3v) is 7.34. The van der Waals surface area contributed by atoms with Gasteiger partial charge in [-0.25, -0.2) is 17.6 Å². The van der Waals surface area contributed by atoms with Gasteiger partial charge in [0.1, 0.15) is 10.7 Å². The van der Waals surface area contributed by atoms with Crippen molar-refractivity contribution in [2.24, 2.45) is 0 Å². The molecule has 0 saturated carbocycles. The van der Waals surface area contributed by atoms with Crippen molar-refractivity contribution in [1.29, 1.82) is 0 Å². The molecule has 10 heteroatoms. The number of aromatic nitrogens is 1. The largest absolute Gasteiger partial charge is 0.465 e. The highest BCUT2D eigenvalue weighted by atomic mass is 32.2. The number of rotatable bonds is 7. The van der Waals surface area contributed by atoms with Gasteiger partial charge in [-0.1, -0.05) is 24.3 Å². The Labute approximate surface area is 204 Å². The van der Waals surface area contributed by atoms with Gasteiger partial charge in [-0.2, -0.15) is 0 Å². The number of sulfonamides is 1. The number of nitrogens with one attached hydrogen (secondary N) is 1. The summed E-state index contributed by atoms with van der Waals surface area (Å²) in [4.78, 5) is 19.1. The number of piperazine rings is 1. The molecule has 1 saturated heterocycles. The Kier molecular flexibility index (Phi) is 7.32. The zero-order valence-corrected chi connectivity index (χ0v) is 20.1. The predicted octanol–water partition coefficient (Wildman–Crippen LogP) is 3.80. The van der Waals surface area contributed by atoms with Gasteiger partial charge in [-0.05, 0) is 54.4 Å². The maximum Gasteiger partial charge on any atom is 0.407 e. The van der Waals surface area contributed by atoms with E-state index in [0.717, 1.165) is 11.1 Å². The summed E-state index contributed by atoms with van der Waals surface area (Å²) in [6.07, 6.45) is 0.888. The Morgan fingerprint density at radius 3 is 2.34 bits per heavy atom. The number of anilines is 1. The average Bonchev–Trinajstić information content (AvgIpc) is 2.82. The summed E-state index contributed by atoms with van der Waals surface area (Å²) < 4.78 is 41.2. The molecule has 35 heavy (non-hydrogen) atoms. The smallest absolute Gasteiger partial charge is 0.407 e. The summed E-state index contributed by atoms with van der Waals surface area (Å²) in [5, 5.41) is 9.21. The Balaban J connectivity index is 1.34. The molecule has 1 aliphatic rings. The van der Waals surface area contributed by atoms with E-state index in [4.69, 9.17) is 0 Å². The first-order valence-electron chi connectivity index (χ1n) is 11.2. The zero-order valence-electron chi connectivity index (χ0n) is 19.3. The van der Waals surface area contributed by atoms with Gasteiger partial charge in [0.2, 0.25) is 0 Å². The van der Waals surface area contributed by atoms with Crippen LogP contribution in [0.2, 0.25) is 0 Å². The van der Waals surface area contributed by atoms with Crippen molar-refractivity contribution >= 4 is 21.8 Å². The van der Waals surface area contributed by atoms with Crippen LogP contribution in [0.1, 0.15) is 23.7 Å². The molecule has 0 unspecified atom stereocenters. The van der Waals surface area contributed by atoms with Crippen molar-refractivity contribution in [3.05, 3.63) is 89.5 Å². The molecule has 1 fully saturated rings. The molecule has 8 nitrogen and oxygen atoms in total. The second-order valence-corrected chi connectivity index (χ2v) is 10.3. The van der Waals surface area contributed by atoms with Crippen LogP contribution < -0.4 is 4.72 Å². The molecule has 2 aromatic carbocycles. The monoisotopic (exact) mass is 498 g/mol. The molecule has 0 spiro atoms. The number of halogens is 1. The Morgan fingerprint density at radius 1 is 1.06 bits per heavy atom. The molecule has 1 amide bonds. The quantitative estimate of drug-likeness (QED) is 0.514. The maximum absolute atomic E-state index is 13.1. The number of hydrogen-bond donors (Lipinski definition) is 2. The molecule has 0 bridgehead atoms. The van der Waals surface area contributed by atoms with Crippen LogP contribution in [0.15, 0.2) is 71.8 Å². The van der Waals surface area contributed by atoms with Gasteiger partial charge in [0.15, 0.2) is 0 Å². The highest BCUT2D eigenvalue weighted by Crippen LogP contribution is 2.19. The van der Waals surface area contributed by atoms with Gasteiger partial charge < -0.3 is 10.0 Å². The number of carboxylic acid groups (broad SMARTS) is 1. The minimum Gasteiger partial charge on any atom is -0.465 e. The van der Waals surface area contributed by atoms with Crippen LogP contribution in [0.3, 0.4) is 0 Å². The fourth-order valence-electron chi connectivity index (χ4n) is 4.10. The van der Waals surface area contributed by atoms with Crippen LogP contribution in [0.25, 0.3) is 0 Å². The molecule has 2 heterocycles. The van der Waals surface area contributed by atoms with Gasteiger partial charge in [0.05, 0.1) is 0 Å². The summed E-state index contributed by atoms with van der Waals surface area (Å²) in [5.74, 6) is -0.310. The Bertz CT molecular complexity index is 1270. The molecule has 3 aromatic rings. The van der Waals surface area contributed by atoms with Crippen molar-refractivity contribution in [2.75, 3.05) is 24.4 Å². The first-order valence-corrected chi connectivity index (χ1v) is 12.7. The van der Waals surface area contributed by atoms with E-state index in [2.05, 4.69) is 14.6 Å². The molecular formula is C25H27FN4O4S. The van der Waals surface area contributed by atoms with Gasteiger partial charge in [-0.15, -0.1) is 0 Å². The van der Waals surface area contributed by atoms with Gasteiger partial charge in [0.25, 0.3) is 10.0 Å². The van der Waals surface area contributed by atoms with E-state index in [1.54, 1.807) is 30.3 Å². The SMILES string of the molecule is C[C@H]1CN(Cc2ccc(NS(=O)(=O)c3ccc(Cc4ccc(F)cc4)nc3)cc2)CCN1C(=O)O. The number of nitrogens with zero attached hydrogens (tertiary/aromatic N) is 3. The summed E-state index contributed by atoms with van der Waals surface area (Å²) in [7, 11) is -3.80. The predicted molar refractivity (Wildman–Crippen MR) is 130 cm³/mol. The molecule has 1 aliphatic heterocycles. The third kappa shape index (κ3) is 6.34. The van der Waals surface area contributed by atoms with E-state index >= 15 is 0 Å².